The van der Waals surface area contributed by atoms with Crippen LogP contribution in [0.4, 0.5) is 0 Å². The average molecular weight is 506 g/mol. The van der Waals surface area contributed by atoms with E-state index in [2.05, 4.69) is 21.7 Å². The third kappa shape index (κ3) is 6.08. The number of hydrogen-bond acceptors (Lipinski definition) is 3. The van der Waals surface area contributed by atoms with E-state index >= 15 is 0 Å². The summed E-state index contributed by atoms with van der Waals surface area (Å²) in [5, 5.41) is 7.74. The molecule has 5 nitrogen and oxygen atoms in total. The predicted octanol–water partition coefficient (Wildman–Crippen LogP) is 6.00. The summed E-state index contributed by atoms with van der Waals surface area (Å²) in [4.78, 5) is 29.5. The van der Waals surface area contributed by atoms with Crippen molar-refractivity contribution in [2.24, 2.45) is 0 Å². The minimum atomic E-state index is -0.186. The Bertz CT molecular complexity index is 1330. The number of halogens is 1. The normalized spacial score (nSPS) is 12.0. The topological polar surface area (TPSA) is 74.0 Å². The highest BCUT2D eigenvalue weighted by atomic mass is 35.5. The summed E-state index contributed by atoms with van der Waals surface area (Å²) < 4.78 is 0. The summed E-state index contributed by atoms with van der Waals surface area (Å²) in [6, 6.07) is 23.3. The second-order valence-electron chi connectivity index (χ2n) is 8.58. The van der Waals surface area contributed by atoms with Crippen molar-refractivity contribution in [2.75, 3.05) is 12.3 Å². The van der Waals surface area contributed by atoms with Gasteiger partial charge in [-0.25, -0.2) is 0 Å². The van der Waals surface area contributed by atoms with E-state index in [0.29, 0.717) is 17.1 Å². The maximum atomic E-state index is 13.3. The monoisotopic (exact) mass is 505 g/mol. The number of amides is 2. The van der Waals surface area contributed by atoms with Crippen LogP contribution >= 0.6 is 23.4 Å². The van der Waals surface area contributed by atoms with Gasteiger partial charge in [0.1, 0.15) is 0 Å². The number of para-hydroxylation sites is 1. The van der Waals surface area contributed by atoms with E-state index in [9.17, 15) is 9.59 Å². The van der Waals surface area contributed by atoms with Gasteiger partial charge in [-0.1, -0.05) is 60.1 Å². The molecular formula is C28H28ClN3O2S. The van der Waals surface area contributed by atoms with E-state index in [-0.39, 0.29) is 29.5 Å². The molecule has 0 aliphatic heterocycles. The van der Waals surface area contributed by atoms with Crippen LogP contribution in [0.2, 0.25) is 5.02 Å². The average Bonchev–Trinajstić information content (AvgIpc) is 3.27. The molecule has 0 fully saturated rings. The number of fused-ring (bicyclic) bond motifs is 1. The Hall–Kier alpha value is -3.22. The number of benzene rings is 3. The van der Waals surface area contributed by atoms with Gasteiger partial charge in [0.25, 0.3) is 5.91 Å². The Labute approximate surface area is 214 Å². The summed E-state index contributed by atoms with van der Waals surface area (Å²) in [5.74, 6) is -0.131. The standard InChI is InChI=1S/C28H28ClN3O2S/c1-18(2)32-27(33)17-35-26-14-8-5-11-21(26)28(34)31-16-22(19-9-3-6-12-24(19)29)23-15-30-25-13-7-4-10-20(23)25/h3-15,18,22,30H,16-17H2,1-2H3,(H,31,34)(H,32,33)/t22-/m1/s1. The Balaban J connectivity index is 1.56. The van der Waals surface area contributed by atoms with Crippen molar-refractivity contribution >= 4 is 46.1 Å². The van der Waals surface area contributed by atoms with Crippen LogP contribution < -0.4 is 10.6 Å². The number of thioether (sulfide) groups is 1. The number of carbonyl (C=O) groups excluding carboxylic acids is 2. The molecule has 35 heavy (non-hydrogen) atoms. The SMILES string of the molecule is CC(C)NC(=O)CSc1ccccc1C(=O)NC[C@H](c1ccccc1Cl)c1c[nH]c2ccccc12. The Morgan fingerprint density at radius 2 is 1.66 bits per heavy atom. The maximum absolute atomic E-state index is 13.3. The molecule has 3 aromatic carbocycles. The molecule has 1 heterocycles. The van der Waals surface area contributed by atoms with E-state index < -0.39 is 0 Å². The number of nitrogens with one attached hydrogen (secondary N) is 3. The maximum Gasteiger partial charge on any atom is 0.252 e. The van der Waals surface area contributed by atoms with Gasteiger partial charge >= 0.3 is 0 Å². The van der Waals surface area contributed by atoms with Crippen molar-refractivity contribution in [2.45, 2.75) is 30.7 Å². The molecule has 1 aromatic heterocycles. The first-order valence-corrected chi connectivity index (χ1v) is 12.9. The van der Waals surface area contributed by atoms with E-state index in [1.807, 2.05) is 80.7 Å². The quantitative estimate of drug-likeness (QED) is 0.244. The molecular weight excluding hydrogens is 478 g/mol. The van der Waals surface area contributed by atoms with Crippen LogP contribution in [-0.4, -0.2) is 35.1 Å². The number of carbonyl (C=O) groups is 2. The van der Waals surface area contributed by atoms with E-state index in [4.69, 9.17) is 11.6 Å². The molecule has 0 unspecified atom stereocenters. The molecule has 2 amide bonds. The van der Waals surface area contributed by atoms with Gasteiger partial charge in [-0.3, -0.25) is 9.59 Å². The van der Waals surface area contributed by atoms with Crippen molar-refractivity contribution in [3.05, 3.63) is 101 Å². The molecule has 4 rings (SSSR count). The van der Waals surface area contributed by atoms with Crippen molar-refractivity contribution < 1.29 is 9.59 Å². The molecule has 7 heteroatoms. The number of rotatable bonds is 9. The molecule has 4 aromatic rings. The van der Waals surface area contributed by atoms with E-state index in [1.165, 1.54) is 11.8 Å². The van der Waals surface area contributed by atoms with Gasteiger partial charge in [-0.05, 0) is 49.2 Å². The zero-order valence-corrected chi connectivity index (χ0v) is 21.2. The lowest BCUT2D eigenvalue weighted by Crippen LogP contribution is -2.31. The molecule has 0 radical (unpaired) electrons. The fourth-order valence-corrected chi connectivity index (χ4v) is 5.23. The first-order chi connectivity index (χ1) is 16.9. The van der Waals surface area contributed by atoms with Crippen molar-refractivity contribution in [1.29, 1.82) is 0 Å². The largest absolute Gasteiger partial charge is 0.361 e. The van der Waals surface area contributed by atoms with Crippen LogP contribution in [0.5, 0.6) is 0 Å². The predicted molar refractivity (Wildman–Crippen MR) is 144 cm³/mol. The highest BCUT2D eigenvalue weighted by Crippen LogP contribution is 2.34. The summed E-state index contributed by atoms with van der Waals surface area (Å²) in [7, 11) is 0. The van der Waals surface area contributed by atoms with Gasteiger partial charge in [-0.2, -0.15) is 0 Å². The smallest absolute Gasteiger partial charge is 0.252 e. The fourth-order valence-electron chi connectivity index (χ4n) is 4.10. The van der Waals surface area contributed by atoms with Gasteiger partial charge in [0.05, 0.1) is 11.3 Å². The molecule has 0 spiro atoms. The van der Waals surface area contributed by atoms with Crippen LogP contribution in [0.3, 0.4) is 0 Å². The first-order valence-electron chi connectivity index (χ1n) is 11.5. The molecule has 3 N–H and O–H groups in total. The zero-order chi connectivity index (χ0) is 24.8. The van der Waals surface area contributed by atoms with Crippen molar-refractivity contribution in [3.8, 4) is 0 Å². The highest BCUT2D eigenvalue weighted by molar-refractivity contribution is 8.00. The van der Waals surface area contributed by atoms with Crippen LogP contribution in [0, 0.1) is 0 Å². The molecule has 0 bridgehead atoms. The summed E-state index contributed by atoms with van der Waals surface area (Å²) in [6.45, 7) is 4.22. The molecule has 0 aliphatic carbocycles. The highest BCUT2D eigenvalue weighted by Gasteiger charge is 2.22. The second-order valence-corrected chi connectivity index (χ2v) is 10.0. The molecule has 0 aliphatic rings. The van der Waals surface area contributed by atoms with Gasteiger partial charge in [-0.15, -0.1) is 11.8 Å². The Morgan fingerprint density at radius 1 is 0.943 bits per heavy atom. The third-order valence-corrected chi connectivity index (χ3v) is 7.10. The van der Waals surface area contributed by atoms with Crippen molar-refractivity contribution in [3.63, 3.8) is 0 Å². The minimum Gasteiger partial charge on any atom is -0.361 e. The minimum absolute atomic E-state index is 0.0571. The van der Waals surface area contributed by atoms with Gasteiger partial charge in [0, 0.05) is 45.5 Å². The number of aromatic amines is 1. The van der Waals surface area contributed by atoms with E-state index in [0.717, 1.165) is 26.9 Å². The summed E-state index contributed by atoms with van der Waals surface area (Å²) in [5.41, 5.74) is 3.60. The van der Waals surface area contributed by atoms with Crippen LogP contribution in [0.25, 0.3) is 10.9 Å². The fraction of sp³-hybridized carbons (Fsp3) is 0.214. The number of hydrogen-bond donors (Lipinski definition) is 3. The molecule has 0 saturated carbocycles. The summed E-state index contributed by atoms with van der Waals surface area (Å²) >= 11 is 7.95. The zero-order valence-electron chi connectivity index (χ0n) is 19.7. The first kappa shape index (κ1) is 24.9. The molecule has 180 valence electrons. The Morgan fingerprint density at radius 3 is 2.46 bits per heavy atom. The lowest BCUT2D eigenvalue weighted by molar-refractivity contribution is -0.119. The van der Waals surface area contributed by atoms with Gasteiger partial charge in [0.15, 0.2) is 0 Å². The second kappa shape index (κ2) is 11.5. The molecule has 1 atom stereocenters. The lowest BCUT2D eigenvalue weighted by Gasteiger charge is -2.20. The van der Waals surface area contributed by atoms with Crippen LogP contribution in [0.15, 0.2) is 83.9 Å². The van der Waals surface area contributed by atoms with Crippen LogP contribution in [0.1, 0.15) is 41.3 Å². The van der Waals surface area contributed by atoms with Gasteiger partial charge in [0.2, 0.25) is 5.91 Å². The number of H-pyrrole nitrogens is 1. The summed E-state index contributed by atoms with van der Waals surface area (Å²) in [6.07, 6.45) is 1.99. The molecule has 0 saturated heterocycles. The lowest BCUT2D eigenvalue weighted by atomic mass is 9.90. The Kier molecular flexibility index (Phi) is 8.16. The van der Waals surface area contributed by atoms with Crippen molar-refractivity contribution in [1.82, 2.24) is 15.6 Å². The third-order valence-electron chi connectivity index (χ3n) is 5.68. The number of aromatic nitrogens is 1. The van der Waals surface area contributed by atoms with E-state index in [1.54, 1.807) is 6.07 Å². The van der Waals surface area contributed by atoms with Crippen LogP contribution in [-0.2, 0) is 4.79 Å². The van der Waals surface area contributed by atoms with Gasteiger partial charge < -0.3 is 15.6 Å².